The van der Waals surface area contributed by atoms with Gasteiger partial charge in [0, 0.05) is 11.1 Å². The summed E-state index contributed by atoms with van der Waals surface area (Å²) in [5, 5.41) is 0.0918. The van der Waals surface area contributed by atoms with Crippen LogP contribution in [0.5, 0.6) is 5.75 Å². The highest BCUT2D eigenvalue weighted by molar-refractivity contribution is 6.30. The number of alkyl halides is 3. The summed E-state index contributed by atoms with van der Waals surface area (Å²) in [6.07, 6.45) is -3.20. The molecule has 1 aliphatic rings. The summed E-state index contributed by atoms with van der Waals surface area (Å²) >= 11 is 5.71. The molecular weight excluding hydrogens is 300 g/mol. The van der Waals surface area contributed by atoms with Crippen LogP contribution >= 0.6 is 11.6 Å². The zero-order chi connectivity index (χ0) is 15.1. The average molecular weight is 311 g/mol. The monoisotopic (exact) mass is 310 g/mol. The van der Waals surface area contributed by atoms with Crippen LogP contribution in [0.1, 0.15) is 19.4 Å². The van der Waals surface area contributed by atoms with Crippen molar-refractivity contribution in [3.8, 4) is 5.75 Å². The van der Waals surface area contributed by atoms with Crippen molar-refractivity contribution >= 4 is 17.4 Å². The molecule has 2 nitrogen and oxygen atoms in total. The lowest BCUT2D eigenvalue weighted by Crippen LogP contribution is -2.30. The average Bonchev–Trinajstić information content (AvgIpc) is 2.21. The zero-order valence-electron chi connectivity index (χ0n) is 10.6. The molecule has 1 aromatic carbocycles. The minimum atomic E-state index is -4.51. The van der Waals surface area contributed by atoms with Gasteiger partial charge in [-0.15, -0.1) is 0 Å². The Kier molecular flexibility index (Phi) is 3.62. The molecule has 0 aromatic heterocycles. The number of hydrogen-bond donors (Lipinski definition) is 0. The van der Waals surface area contributed by atoms with Crippen molar-refractivity contribution in [1.82, 2.24) is 0 Å². The first-order chi connectivity index (χ1) is 9.07. The first-order valence-corrected chi connectivity index (χ1v) is 6.06. The van der Waals surface area contributed by atoms with Gasteiger partial charge in [0.15, 0.2) is 6.61 Å². The van der Waals surface area contributed by atoms with Crippen LogP contribution in [0.3, 0.4) is 0 Å². The van der Waals surface area contributed by atoms with Crippen LogP contribution in [0.15, 0.2) is 18.2 Å². The number of rotatable bonds is 2. The van der Waals surface area contributed by atoms with Crippen LogP contribution in [0, 0.1) is 5.82 Å². The Morgan fingerprint density at radius 2 is 1.95 bits per heavy atom. The van der Waals surface area contributed by atoms with Crippen LogP contribution in [-0.4, -0.2) is 18.4 Å². The number of fused-ring (bicyclic) bond motifs is 1. The second kappa shape index (κ2) is 4.84. The molecule has 2 rings (SSSR count). The van der Waals surface area contributed by atoms with E-state index >= 15 is 0 Å². The van der Waals surface area contributed by atoms with E-state index in [4.69, 9.17) is 21.1 Å². The van der Waals surface area contributed by atoms with Gasteiger partial charge in [0.25, 0.3) is 0 Å². The topological polar surface area (TPSA) is 18.5 Å². The summed E-state index contributed by atoms with van der Waals surface area (Å²) in [5.41, 5.74) is -1.08. The van der Waals surface area contributed by atoms with Crippen molar-refractivity contribution in [2.24, 2.45) is 0 Å². The molecule has 0 spiro atoms. The Balaban J connectivity index is 2.42. The molecule has 1 heterocycles. The molecule has 0 N–H and O–H groups in total. The number of ether oxygens (including phenoxy) is 2. The highest BCUT2D eigenvalue weighted by Crippen LogP contribution is 2.40. The second-order valence-corrected chi connectivity index (χ2v) is 5.32. The highest BCUT2D eigenvalue weighted by Gasteiger charge is 2.34. The molecule has 0 unspecified atom stereocenters. The lowest BCUT2D eigenvalue weighted by Gasteiger charge is -2.31. The molecule has 0 radical (unpaired) electrons. The molecule has 0 saturated heterocycles. The molecule has 110 valence electrons. The van der Waals surface area contributed by atoms with Crippen molar-refractivity contribution in [3.05, 3.63) is 34.6 Å². The first-order valence-electron chi connectivity index (χ1n) is 5.68. The van der Waals surface area contributed by atoms with Gasteiger partial charge in [-0.25, -0.2) is 4.39 Å². The second-order valence-electron chi connectivity index (χ2n) is 4.88. The fourth-order valence-corrected chi connectivity index (χ4v) is 2.04. The van der Waals surface area contributed by atoms with Crippen LogP contribution in [-0.2, 0) is 4.74 Å². The Morgan fingerprint density at radius 3 is 2.55 bits per heavy atom. The maximum absolute atomic E-state index is 13.9. The van der Waals surface area contributed by atoms with E-state index in [1.807, 2.05) is 0 Å². The number of halogens is 5. The van der Waals surface area contributed by atoms with Gasteiger partial charge >= 0.3 is 6.18 Å². The molecule has 0 amide bonds. The Morgan fingerprint density at radius 1 is 1.30 bits per heavy atom. The third kappa shape index (κ3) is 3.36. The summed E-state index contributed by atoms with van der Waals surface area (Å²) in [6, 6.07) is 2.33. The Labute approximate surface area is 117 Å². The molecule has 20 heavy (non-hydrogen) atoms. The predicted molar refractivity (Wildman–Crippen MR) is 66.1 cm³/mol. The molecule has 1 aliphatic heterocycles. The summed E-state index contributed by atoms with van der Waals surface area (Å²) < 4.78 is 60.8. The van der Waals surface area contributed by atoms with Crippen molar-refractivity contribution in [2.45, 2.75) is 25.6 Å². The Hall–Kier alpha value is -1.43. The van der Waals surface area contributed by atoms with Gasteiger partial charge in [0.1, 0.15) is 22.9 Å². The lowest BCUT2D eigenvalue weighted by atomic mass is 10.00. The maximum atomic E-state index is 13.9. The van der Waals surface area contributed by atoms with E-state index in [2.05, 4.69) is 0 Å². The summed E-state index contributed by atoms with van der Waals surface area (Å²) in [5.74, 6) is -0.946. The van der Waals surface area contributed by atoms with E-state index in [9.17, 15) is 17.6 Å². The lowest BCUT2D eigenvalue weighted by molar-refractivity contribution is -0.159. The number of hydrogen-bond acceptors (Lipinski definition) is 2. The van der Waals surface area contributed by atoms with Gasteiger partial charge in [-0.3, -0.25) is 0 Å². The van der Waals surface area contributed by atoms with E-state index in [-0.39, 0.29) is 22.1 Å². The fourth-order valence-electron chi connectivity index (χ4n) is 1.84. The fraction of sp³-hybridized carbons (Fsp3) is 0.385. The largest absolute Gasteiger partial charge is 0.483 e. The minimum absolute atomic E-state index is 0.0553. The summed E-state index contributed by atoms with van der Waals surface area (Å²) in [7, 11) is 0. The normalized spacial score (nSPS) is 17.1. The summed E-state index contributed by atoms with van der Waals surface area (Å²) in [4.78, 5) is 0. The zero-order valence-corrected chi connectivity index (χ0v) is 11.4. The summed E-state index contributed by atoms with van der Waals surface area (Å²) in [6.45, 7) is 1.73. The van der Waals surface area contributed by atoms with E-state index < -0.39 is 24.2 Å². The molecule has 1 aromatic rings. The van der Waals surface area contributed by atoms with Crippen molar-refractivity contribution in [1.29, 1.82) is 0 Å². The van der Waals surface area contributed by atoms with Gasteiger partial charge in [-0.2, -0.15) is 13.2 Å². The van der Waals surface area contributed by atoms with Gasteiger partial charge in [-0.1, -0.05) is 11.6 Å². The standard InChI is InChI=1S/C13H11ClF4O2/c1-12(2)5-10(19-6-13(16,17)18)11-8(15)3-7(14)4-9(11)20-12/h3-5H,6H2,1-2H3. The van der Waals surface area contributed by atoms with Gasteiger partial charge in [-0.05, 0) is 26.0 Å². The van der Waals surface area contributed by atoms with Gasteiger partial charge in [0.2, 0.25) is 0 Å². The van der Waals surface area contributed by atoms with Gasteiger partial charge < -0.3 is 9.47 Å². The molecule has 0 saturated carbocycles. The maximum Gasteiger partial charge on any atom is 0.422 e. The van der Waals surface area contributed by atoms with Crippen molar-refractivity contribution in [2.75, 3.05) is 6.61 Å². The first kappa shape index (κ1) is 15.0. The van der Waals surface area contributed by atoms with Crippen LogP contribution in [0.25, 0.3) is 5.76 Å². The molecule has 7 heteroatoms. The van der Waals surface area contributed by atoms with Crippen LogP contribution < -0.4 is 4.74 Å². The van der Waals surface area contributed by atoms with E-state index in [1.54, 1.807) is 13.8 Å². The molecule has 0 atom stereocenters. The van der Waals surface area contributed by atoms with Crippen LogP contribution in [0.4, 0.5) is 17.6 Å². The third-order valence-corrected chi connectivity index (χ3v) is 2.73. The quantitative estimate of drug-likeness (QED) is 0.745. The van der Waals surface area contributed by atoms with Gasteiger partial charge in [0.05, 0.1) is 5.56 Å². The van der Waals surface area contributed by atoms with Crippen molar-refractivity contribution in [3.63, 3.8) is 0 Å². The molecular formula is C13H11ClF4O2. The molecule has 0 bridgehead atoms. The third-order valence-electron chi connectivity index (χ3n) is 2.51. The number of benzene rings is 1. The Bertz CT molecular complexity index is 564. The minimum Gasteiger partial charge on any atom is -0.483 e. The predicted octanol–water partition coefficient (Wildman–Crippen LogP) is 4.57. The van der Waals surface area contributed by atoms with Crippen molar-refractivity contribution < 1.29 is 27.0 Å². The van der Waals surface area contributed by atoms with Crippen LogP contribution in [0.2, 0.25) is 5.02 Å². The molecule has 0 aliphatic carbocycles. The highest BCUT2D eigenvalue weighted by atomic mass is 35.5. The smallest absolute Gasteiger partial charge is 0.422 e. The van der Waals surface area contributed by atoms with E-state index in [0.717, 1.165) is 6.07 Å². The van der Waals surface area contributed by atoms with E-state index in [0.29, 0.717) is 0 Å². The molecule has 0 fully saturated rings. The van der Waals surface area contributed by atoms with E-state index in [1.165, 1.54) is 12.1 Å². The SMILES string of the molecule is CC1(C)C=C(OCC(F)(F)F)c2c(F)cc(Cl)cc2O1.